The molecule has 0 bridgehead atoms. The molecule has 6 N–H and O–H groups in total. The lowest BCUT2D eigenvalue weighted by molar-refractivity contribution is 1.73. The normalized spacial score (nSPS) is 10.9. The molecule has 22 heavy (non-hydrogen) atoms. The summed E-state index contributed by atoms with van der Waals surface area (Å²) in [4.78, 5) is 0. The highest BCUT2D eigenvalue weighted by Crippen LogP contribution is 2.49. The van der Waals surface area contributed by atoms with E-state index in [1.807, 2.05) is 0 Å². The molecule has 5 rings (SSSR count). The first-order valence-electron chi connectivity index (χ1n) is 6.98. The van der Waals surface area contributed by atoms with Crippen LogP contribution in [0.2, 0.25) is 0 Å². The average molecular weight is 286 g/mol. The molecule has 0 saturated carbocycles. The van der Waals surface area contributed by atoms with Crippen LogP contribution in [0, 0.1) is 0 Å². The van der Waals surface area contributed by atoms with Crippen molar-refractivity contribution in [2.75, 3.05) is 0 Å². The van der Waals surface area contributed by atoms with E-state index >= 15 is 0 Å². The van der Waals surface area contributed by atoms with Crippen LogP contribution in [0.15, 0.2) is 72.8 Å². The number of hydrogen-bond acceptors (Lipinski definition) is 2. The van der Waals surface area contributed by atoms with E-state index in [1.54, 1.807) is 0 Å². The van der Waals surface area contributed by atoms with Crippen molar-refractivity contribution in [1.29, 1.82) is 0 Å². The van der Waals surface area contributed by atoms with Crippen LogP contribution in [0.3, 0.4) is 0 Å². The van der Waals surface area contributed by atoms with E-state index in [0.717, 1.165) is 0 Å². The third kappa shape index (κ3) is 1.62. The van der Waals surface area contributed by atoms with Crippen molar-refractivity contribution < 1.29 is 0 Å². The summed E-state index contributed by atoms with van der Waals surface area (Å²) in [6.45, 7) is 0. The van der Waals surface area contributed by atoms with E-state index in [4.69, 9.17) is 0 Å². The van der Waals surface area contributed by atoms with E-state index in [2.05, 4.69) is 72.8 Å². The minimum Gasteiger partial charge on any atom is -0.344 e. The minimum absolute atomic E-state index is 0. The van der Waals surface area contributed by atoms with E-state index in [-0.39, 0.29) is 12.3 Å². The zero-order valence-corrected chi connectivity index (χ0v) is 12.3. The second kappa shape index (κ2) is 4.95. The van der Waals surface area contributed by atoms with Gasteiger partial charge in [0.15, 0.2) is 0 Å². The zero-order chi connectivity index (χ0) is 13.1. The largest absolute Gasteiger partial charge is 0.344 e. The van der Waals surface area contributed by atoms with Gasteiger partial charge in [-0.1, -0.05) is 72.8 Å². The summed E-state index contributed by atoms with van der Waals surface area (Å²) in [7, 11) is 0. The highest BCUT2D eigenvalue weighted by molar-refractivity contribution is 6.21. The Balaban J connectivity index is 0.000000720. The fourth-order valence-corrected chi connectivity index (χ4v) is 3.56. The summed E-state index contributed by atoms with van der Waals surface area (Å²) < 4.78 is 0. The van der Waals surface area contributed by atoms with Gasteiger partial charge in [-0.25, -0.2) is 0 Å². The van der Waals surface area contributed by atoms with Crippen molar-refractivity contribution in [1.82, 2.24) is 12.3 Å². The Bertz CT molecular complexity index is 998. The lowest BCUT2D eigenvalue weighted by atomic mass is 9.97. The molecule has 2 nitrogen and oxygen atoms in total. The van der Waals surface area contributed by atoms with Crippen LogP contribution >= 0.6 is 0 Å². The molecule has 0 amide bonds. The predicted octanol–water partition coefficient (Wildman–Crippen LogP) is 5.96. The van der Waals surface area contributed by atoms with Gasteiger partial charge in [0.2, 0.25) is 0 Å². The maximum atomic E-state index is 2.27. The molecule has 0 fully saturated rings. The Kier molecular flexibility index (Phi) is 3.21. The first-order chi connectivity index (χ1) is 9.93. The van der Waals surface area contributed by atoms with E-state index in [1.165, 1.54) is 43.8 Å². The van der Waals surface area contributed by atoms with Crippen LogP contribution in [0.5, 0.6) is 0 Å². The summed E-state index contributed by atoms with van der Waals surface area (Å²) in [6, 6.07) is 26.4. The first kappa shape index (κ1) is 14.3. The van der Waals surface area contributed by atoms with Crippen molar-refractivity contribution >= 4 is 21.5 Å². The SMILES string of the molecule is N.N.c1ccc2c3c(ccc2c1)-c1cccc2cccc-3c12. The molecule has 0 aromatic heterocycles. The molecule has 2 heteroatoms. The zero-order valence-electron chi connectivity index (χ0n) is 12.3. The third-order valence-electron chi connectivity index (χ3n) is 4.39. The van der Waals surface area contributed by atoms with Gasteiger partial charge in [0, 0.05) is 0 Å². The van der Waals surface area contributed by atoms with Crippen molar-refractivity contribution in [2.45, 2.75) is 0 Å². The van der Waals surface area contributed by atoms with Gasteiger partial charge < -0.3 is 12.3 Å². The quantitative estimate of drug-likeness (QED) is 0.368. The molecule has 4 aromatic carbocycles. The topological polar surface area (TPSA) is 70.0 Å². The van der Waals surface area contributed by atoms with Crippen LogP contribution in [-0.4, -0.2) is 0 Å². The fraction of sp³-hybridized carbons (Fsp3) is 0. The maximum Gasteiger partial charge on any atom is -0.00201 e. The van der Waals surface area contributed by atoms with Gasteiger partial charge in [0.05, 0.1) is 0 Å². The molecular formula is C20H18N2. The van der Waals surface area contributed by atoms with Crippen molar-refractivity contribution in [2.24, 2.45) is 0 Å². The lowest BCUT2D eigenvalue weighted by Gasteiger charge is -2.06. The third-order valence-corrected chi connectivity index (χ3v) is 4.39. The number of fused-ring (bicyclic) bond motifs is 5. The van der Waals surface area contributed by atoms with Gasteiger partial charge >= 0.3 is 0 Å². The molecule has 0 unspecified atom stereocenters. The second-order valence-corrected chi connectivity index (χ2v) is 5.42. The highest BCUT2D eigenvalue weighted by atomic mass is 14.2. The lowest BCUT2D eigenvalue weighted by Crippen LogP contribution is -1.80. The first-order valence-corrected chi connectivity index (χ1v) is 6.98. The monoisotopic (exact) mass is 286 g/mol. The van der Waals surface area contributed by atoms with Gasteiger partial charge in [-0.05, 0) is 43.8 Å². The van der Waals surface area contributed by atoms with Crippen LogP contribution in [0.1, 0.15) is 0 Å². The smallest absolute Gasteiger partial charge is 0.00201 e. The van der Waals surface area contributed by atoms with Crippen LogP contribution in [0.4, 0.5) is 0 Å². The fourth-order valence-electron chi connectivity index (χ4n) is 3.56. The maximum absolute atomic E-state index is 2.27. The van der Waals surface area contributed by atoms with E-state index < -0.39 is 0 Å². The number of benzene rings is 4. The number of hydrogen-bond donors (Lipinski definition) is 2. The van der Waals surface area contributed by atoms with Crippen molar-refractivity contribution in [3.05, 3.63) is 72.8 Å². The second-order valence-electron chi connectivity index (χ2n) is 5.42. The Morgan fingerprint density at radius 1 is 0.455 bits per heavy atom. The van der Waals surface area contributed by atoms with Gasteiger partial charge in [0.25, 0.3) is 0 Å². The van der Waals surface area contributed by atoms with Crippen LogP contribution < -0.4 is 12.3 Å². The van der Waals surface area contributed by atoms with E-state index in [9.17, 15) is 0 Å². The van der Waals surface area contributed by atoms with E-state index in [0.29, 0.717) is 0 Å². The Morgan fingerprint density at radius 3 is 1.95 bits per heavy atom. The standard InChI is InChI=1S/C20H12.2H3N/c1-2-8-15-13(5-1)11-12-17-16-9-3-6-14-7-4-10-18(19(14)16)20(15)17;;/h1-12H;2*1H3. The van der Waals surface area contributed by atoms with Gasteiger partial charge in [0.1, 0.15) is 0 Å². The summed E-state index contributed by atoms with van der Waals surface area (Å²) in [5.41, 5.74) is 5.52. The summed E-state index contributed by atoms with van der Waals surface area (Å²) >= 11 is 0. The molecule has 108 valence electrons. The molecule has 0 saturated heterocycles. The summed E-state index contributed by atoms with van der Waals surface area (Å²) in [5.74, 6) is 0. The summed E-state index contributed by atoms with van der Waals surface area (Å²) in [5, 5.41) is 5.41. The Hall–Kier alpha value is -2.68. The van der Waals surface area contributed by atoms with Crippen molar-refractivity contribution in [3.63, 3.8) is 0 Å². The Morgan fingerprint density at radius 2 is 1.14 bits per heavy atom. The minimum atomic E-state index is 0. The predicted molar refractivity (Wildman–Crippen MR) is 95.9 cm³/mol. The molecule has 0 atom stereocenters. The molecule has 0 heterocycles. The van der Waals surface area contributed by atoms with Gasteiger partial charge in [-0.15, -0.1) is 0 Å². The summed E-state index contributed by atoms with van der Waals surface area (Å²) in [6.07, 6.45) is 0. The molecule has 0 spiro atoms. The molecule has 0 radical (unpaired) electrons. The highest BCUT2D eigenvalue weighted by Gasteiger charge is 2.22. The molecule has 4 aromatic rings. The molecule has 0 aliphatic heterocycles. The number of rotatable bonds is 0. The van der Waals surface area contributed by atoms with Gasteiger partial charge in [-0.3, -0.25) is 0 Å². The molecule has 1 aliphatic rings. The Labute approximate surface area is 129 Å². The average Bonchev–Trinajstić information content (AvgIpc) is 2.85. The van der Waals surface area contributed by atoms with Gasteiger partial charge in [-0.2, -0.15) is 0 Å². The van der Waals surface area contributed by atoms with Crippen molar-refractivity contribution in [3.8, 4) is 22.3 Å². The van der Waals surface area contributed by atoms with Crippen LogP contribution in [-0.2, 0) is 0 Å². The van der Waals surface area contributed by atoms with Crippen LogP contribution in [0.25, 0.3) is 43.8 Å². The molecule has 1 aliphatic carbocycles. The molecular weight excluding hydrogens is 268 g/mol.